The molecule has 0 saturated heterocycles. The van der Waals surface area contributed by atoms with E-state index in [1.54, 1.807) is 0 Å². The molecular formula is C11H12O8S. The van der Waals surface area contributed by atoms with E-state index in [1.807, 2.05) is 0 Å². The summed E-state index contributed by atoms with van der Waals surface area (Å²) in [4.78, 5) is 10.4. The van der Waals surface area contributed by atoms with Crippen molar-refractivity contribution < 1.29 is 36.5 Å². The molecule has 20 heavy (non-hydrogen) atoms. The van der Waals surface area contributed by atoms with Crippen LogP contribution in [0.2, 0.25) is 0 Å². The summed E-state index contributed by atoms with van der Waals surface area (Å²) in [6.07, 6.45) is 2.14. The third-order valence-corrected chi connectivity index (χ3v) is 2.47. The largest absolute Gasteiger partial charge is 0.493 e. The average Bonchev–Trinajstić information content (AvgIpc) is 2.35. The van der Waals surface area contributed by atoms with Crippen LogP contribution in [0.15, 0.2) is 18.2 Å². The number of aliphatic carboxylic acids is 1. The topological polar surface area (TPSA) is 119 Å². The summed E-state index contributed by atoms with van der Waals surface area (Å²) in [5.74, 6) is -1.59. The van der Waals surface area contributed by atoms with Crippen molar-refractivity contribution in [2.75, 3.05) is 14.2 Å². The van der Waals surface area contributed by atoms with Gasteiger partial charge in [-0.25, -0.2) is 4.79 Å². The fraction of sp³-hybridized carbons (Fsp3) is 0.182. The van der Waals surface area contributed by atoms with E-state index < -0.39 is 16.4 Å². The van der Waals surface area contributed by atoms with Crippen molar-refractivity contribution in [3.05, 3.63) is 23.8 Å². The molecule has 0 amide bonds. The molecule has 0 heterocycles. The minimum Gasteiger partial charge on any atom is -0.493 e. The van der Waals surface area contributed by atoms with Crippen LogP contribution in [0.3, 0.4) is 0 Å². The predicted molar refractivity (Wildman–Crippen MR) is 68.4 cm³/mol. The fourth-order valence-electron chi connectivity index (χ4n) is 1.35. The van der Waals surface area contributed by atoms with E-state index in [9.17, 15) is 13.2 Å². The summed E-state index contributed by atoms with van der Waals surface area (Å²) >= 11 is 0. The van der Waals surface area contributed by atoms with Gasteiger partial charge in [-0.3, -0.25) is 4.55 Å². The van der Waals surface area contributed by atoms with Crippen LogP contribution < -0.4 is 13.7 Å². The first-order valence-electron chi connectivity index (χ1n) is 5.10. The van der Waals surface area contributed by atoms with Crippen LogP contribution in [0.25, 0.3) is 6.08 Å². The smallest absolute Gasteiger partial charge is 0.446 e. The SMILES string of the molecule is COc1cc(C=CC(=O)O)cc(OC)c1OS(=O)(=O)O. The van der Waals surface area contributed by atoms with Crippen LogP contribution in [-0.4, -0.2) is 38.3 Å². The molecule has 0 atom stereocenters. The Bertz CT molecular complexity index is 607. The van der Waals surface area contributed by atoms with Crippen LogP contribution in [0.1, 0.15) is 5.56 Å². The highest BCUT2D eigenvalue weighted by Crippen LogP contribution is 2.39. The quantitative estimate of drug-likeness (QED) is 0.589. The Kier molecular flexibility index (Phi) is 4.94. The maximum atomic E-state index is 10.8. The molecule has 8 nitrogen and oxygen atoms in total. The van der Waals surface area contributed by atoms with Gasteiger partial charge in [-0.2, -0.15) is 8.42 Å². The highest BCUT2D eigenvalue weighted by molar-refractivity contribution is 7.81. The van der Waals surface area contributed by atoms with Crippen molar-refractivity contribution in [3.63, 3.8) is 0 Å². The maximum Gasteiger partial charge on any atom is 0.446 e. The fourth-order valence-corrected chi connectivity index (χ4v) is 1.73. The molecule has 0 aliphatic heterocycles. The number of ether oxygens (including phenoxy) is 2. The van der Waals surface area contributed by atoms with E-state index in [0.717, 1.165) is 6.08 Å². The Morgan fingerprint density at radius 2 is 1.70 bits per heavy atom. The molecule has 0 fully saturated rings. The minimum atomic E-state index is -4.75. The van der Waals surface area contributed by atoms with Crippen LogP contribution in [0.5, 0.6) is 17.2 Å². The van der Waals surface area contributed by atoms with E-state index in [2.05, 4.69) is 4.18 Å². The van der Waals surface area contributed by atoms with E-state index in [4.69, 9.17) is 19.1 Å². The lowest BCUT2D eigenvalue weighted by atomic mass is 10.1. The summed E-state index contributed by atoms with van der Waals surface area (Å²) < 4.78 is 44.4. The number of carbonyl (C=O) groups is 1. The number of carboxylic acid groups (broad SMARTS) is 1. The molecule has 9 heteroatoms. The number of rotatable bonds is 6. The lowest BCUT2D eigenvalue weighted by molar-refractivity contribution is -0.131. The third kappa shape index (κ3) is 4.44. The van der Waals surface area contributed by atoms with Gasteiger partial charge in [0.05, 0.1) is 14.2 Å². The van der Waals surface area contributed by atoms with Crippen molar-refractivity contribution in [1.82, 2.24) is 0 Å². The minimum absolute atomic E-state index is 0.0491. The number of hydrogen-bond acceptors (Lipinski definition) is 6. The van der Waals surface area contributed by atoms with Crippen molar-refractivity contribution in [1.29, 1.82) is 0 Å². The van der Waals surface area contributed by atoms with Crippen molar-refractivity contribution >= 4 is 22.4 Å². The highest BCUT2D eigenvalue weighted by atomic mass is 32.3. The van der Waals surface area contributed by atoms with Gasteiger partial charge in [0.2, 0.25) is 5.75 Å². The third-order valence-electron chi connectivity index (χ3n) is 2.09. The second-order valence-electron chi connectivity index (χ2n) is 3.44. The Balaban J connectivity index is 3.35. The molecule has 0 saturated carbocycles. The number of carboxylic acids is 1. The van der Waals surface area contributed by atoms with E-state index in [-0.39, 0.29) is 17.2 Å². The second-order valence-corrected chi connectivity index (χ2v) is 4.46. The summed E-state index contributed by atoms with van der Waals surface area (Å²) in [6, 6.07) is 2.64. The Hall–Kier alpha value is -2.26. The maximum absolute atomic E-state index is 10.8. The number of methoxy groups -OCH3 is 2. The van der Waals surface area contributed by atoms with Gasteiger partial charge in [0.25, 0.3) is 0 Å². The van der Waals surface area contributed by atoms with Gasteiger partial charge in [0.1, 0.15) is 0 Å². The van der Waals surface area contributed by atoms with Gasteiger partial charge in [-0.15, -0.1) is 0 Å². The van der Waals surface area contributed by atoms with E-state index in [1.165, 1.54) is 32.4 Å². The standard InChI is InChI=1S/C11H12O8S/c1-17-8-5-7(3-4-10(12)13)6-9(18-2)11(8)19-20(14,15)16/h3-6H,1-2H3,(H,12,13)(H,14,15,16). The van der Waals surface area contributed by atoms with E-state index >= 15 is 0 Å². The van der Waals surface area contributed by atoms with Crippen molar-refractivity contribution in [2.24, 2.45) is 0 Å². The average molecular weight is 304 g/mol. The molecule has 0 aliphatic rings. The molecule has 1 rings (SSSR count). The normalized spacial score (nSPS) is 11.3. The zero-order valence-corrected chi connectivity index (χ0v) is 11.4. The molecular weight excluding hydrogens is 292 g/mol. The molecule has 110 valence electrons. The molecule has 1 aromatic carbocycles. The van der Waals surface area contributed by atoms with Gasteiger partial charge in [0.15, 0.2) is 11.5 Å². The molecule has 0 unspecified atom stereocenters. The Morgan fingerprint density at radius 1 is 1.20 bits per heavy atom. The van der Waals surface area contributed by atoms with Gasteiger partial charge in [-0.05, 0) is 23.8 Å². The highest BCUT2D eigenvalue weighted by Gasteiger charge is 2.19. The molecule has 0 aliphatic carbocycles. The van der Waals surface area contributed by atoms with Gasteiger partial charge in [0, 0.05) is 6.08 Å². The monoisotopic (exact) mass is 304 g/mol. The number of hydrogen-bond donors (Lipinski definition) is 2. The summed E-state index contributed by atoms with van der Waals surface area (Å²) in [5.41, 5.74) is 0.379. The van der Waals surface area contributed by atoms with Crippen molar-refractivity contribution in [2.45, 2.75) is 0 Å². The molecule has 2 N–H and O–H groups in total. The first-order valence-corrected chi connectivity index (χ1v) is 6.47. The van der Waals surface area contributed by atoms with Crippen LogP contribution in [-0.2, 0) is 15.2 Å². The predicted octanol–water partition coefficient (Wildman–Crippen LogP) is 0.983. The lowest BCUT2D eigenvalue weighted by Crippen LogP contribution is -2.09. The van der Waals surface area contributed by atoms with Crippen LogP contribution in [0, 0.1) is 0 Å². The molecule has 0 spiro atoms. The van der Waals surface area contributed by atoms with Gasteiger partial charge < -0.3 is 18.8 Å². The zero-order chi connectivity index (χ0) is 15.3. The Morgan fingerprint density at radius 3 is 2.05 bits per heavy atom. The zero-order valence-electron chi connectivity index (χ0n) is 10.6. The molecule has 0 bridgehead atoms. The summed E-state index contributed by atoms with van der Waals surface area (Å²) in [7, 11) is -2.26. The van der Waals surface area contributed by atoms with Gasteiger partial charge >= 0.3 is 16.4 Å². The number of benzene rings is 1. The molecule has 1 aromatic rings. The van der Waals surface area contributed by atoms with Crippen LogP contribution in [0.4, 0.5) is 0 Å². The molecule has 0 aromatic heterocycles. The second kappa shape index (κ2) is 6.26. The summed E-state index contributed by atoms with van der Waals surface area (Å²) in [6.45, 7) is 0. The first-order chi connectivity index (χ1) is 9.26. The lowest BCUT2D eigenvalue weighted by Gasteiger charge is -2.13. The Labute approximate surface area is 115 Å². The molecule has 0 radical (unpaired) electrons. The first kappa shape index (κ1) is 15.8. The van der Waals surface area contributed by atoms with Crippen molar-refractivity contribution in [3.8, 4) is 17.2 Å². The summed E-state index contributed by atoms with van der Waals surface area (Å²) in [5, 5.41) is 8.55. The van der Waals surface area contributed by atoms with E-state index in [0.29, 0.717) is 5.56 Å². The van der Waals surface area contributed by atoms with Gasteiger partial charge in [-0.1, -0.05) is 0 Å². The van der Waals surface area contributed by atoms with Crippen LogP contribution >= 0.6 is 0 Å².